The number of esters is 3. The van der Waals surface area contributed by atoms with Crippen molar-refractivity contribution in [2.75, 3.05) is 13.2 Å². The molecule has 0 aliphatic rings. The van der Waals surface area contributed by atoms with Crippen LogP contribution in [0.4, 0.5) is 0 Å². The van der Waals surface area contributed by atoms with Crippen molar-refractivity contribution < 1.29 is 28.6 Å². The van der Waals surface area contributed by atoms with Gasteiger partial charge < -0.3 is 14.2 Å². The topological polar surface area (TPSA) is 78.9 Å². The predicted molar refractivity (Wildman–Crippen MR) is 292 cm³/mol. The molecular formula is C62H96O6. The molecule has 0 radical (unpaired) electrons. The minimum absolute atomic E-state index is 0.115. The summed E-state index contributed by atoms with van der Waals surface area (Å²) in [6, 6.07) is 0. The number of unbranched alkanes of at least 4 members (excludes halogenated alkanes) is 19. The molecule has 0 rings (SSSR count). The molecule has 0 aromatic carbocycles. The zero-order valence-electron chi connectivity index (χ0n) is 43.3. The third kappa shape index (κ3) is 52.3. The lowest BCUT2D eigenvalue weighted by Crippen LogP contribution is -2.30. The first kappa shape index (κ1) is 63.3. The van der Waals surface area contributed by atoms with Crippen molar-refractivity contribution in [2.45, 2.75) is 213 Å². The zero-order valence-corrected chi connectivity index (χ0v) is 43.3. The average molecular weight is 937 g/mol. The number of carbonyl (C=O) groups is 3. The first-order chi connectivity index (χ1) is 33.5. The van der Waals surface area contributed by atoms with Gasteiger partial charge in [0.1, 0.15) is 13.2 Å². The second kappa shape index (κ2) is 54.9. The fraction of sp³-hybridized carbons (Fsp3) is 0.565. The summed E-state index contributed by atoms with van der Waals surface area (Å²) >= 11 is 0. The van der Waals surface area contributed by atoms with Gasteiger partial charge in [-0.15, -0.1) is 0 Å². The highest BCUT2D eigenvalue weighted by molar-refractivity contribution is 5.71. The van der Waals surface area contributed by atoms with Crippen LogP contribution >= 0.6 is 0 Å². The lowest BCUT2D eigenvalue weighted by molar-refractivity contribution is -0.167. The number of allylic oxidation sites excluding steroid dienone is 24. The molecule has 68 heavy (non-hydrogen) atoms. The Balaban J connectivity index is 4.56. The minimum atomic E-state index is -0.818. The second-order valence-electron chi connectivity index (χ2n) is 17.3. The molecule has 0 bridgehead atoms. The molecule has 6 heteroatoms. The monoisotopic (exact) mass is 937 g/mol. The lowest BCUT2D eigenvalue weighted by atomic mass is 10.1. The van der Waals surface area contributed by atoms with Gasteiger partial charge in [-0.05, 0) is 89.9 Å². The molecule has 380 valence electrons. The number of rotatable bonds is 46. The van der Waals surface area contributed by atoms with E-state index in [1.165, 1.54) is 57.8 Å². The van der Waals surface area contributed by atoms with E-state index >= 15 is 0 Å². The van der Waals surface area contributed by atoms with E-state index in [4.69, 9.17) is 14.2 Å². The van der Waals surface area contributed by atoms with Gasteiger partial charge in [0.2, 0.25) is 0 Å². The Kier molecular flexibility index (Phi) is 51.1. The van der Waals surface area contributed by atoms with Crippen molar-refractivity contribution in [3.8, 4) is 0 Å². The van der Waals surface area contributed by atoms with Gasteiger partial charge in [0.15, 0.2) is 6.10 Å². The zero-order chi connectivity index (χ0) is 49.3. The first-order valence-corrected chi connectivity index (χ1v) is 27.0. The summed E-state index contributed by atoms with van der Waals surface area (Å²) in [7, 11) is 0. The van der Waals surface area contributed by atoms with Gasteiger partial charge in [0.25, 0.3) is 0 Å². The van der Waals surface area contributed by atoms with E-state index in [0.29, 0.717) is 19.3 Å². The Morgan fingerprint density at radius 3 is 1.09 bits per heavy atom. The number of hydrogen-bond donors (Lipinski definition) is 0. The molecule has 0 aromatic heterocycles. The van der Waals surface area contributed by atoms with Crippen LogP contribution in [0.25, 0.3) is 0 Å². The quantitative estimate of drug-likeness (QED) is 0.0199. The Hall–Kier alpha value is -4.71. The number of hydrogen-bond acceptors (Lipinski definition) is 6. The van der Waals surface area contributed by atoms with Gasteiger partial charge in [0.05, 0.1) is 0 Å². The molecule has 1 unspecified atom stereocenters. The standard InChI is InChI=1S/C62H96O6/c1-4-7-10-13-16-19-22-25-28-30-32-34-37-40-43-46-49-52-55-61(64)67-58-59(57-66-60(63)54-51-48-45-42-39-36-33-27-24-21-18-15-12-9-6-3)68-62(65)56-53-50-47-44-41-38-35-31-29-26-23-20-17-14-11-8-5-2/h9-10,12-13,15-22,24-30,32-34,36,39,59H,4-8,11,14,23,31,35,37-38,40-58H2,1-3H3/b12-9-,13-10-,18-15-,19-16-,20-17-,24-21-,25-22-,29-26-,30-28-,33-27-,34-32-,39-36-. The largest absolute Gasteiger partial charge is 0.462 e. The van der Waals surface area contributed by atoms with Crippen molar-refractivity contribution in [2.24, 2.45) is 0 Å². The van der Waals surface area contributed by atoms with Gasteiger partial charge in [-0.3, -0.25) is 14.4 Å². The van der Waals surface area contributed by atoms with Gasteiger partial charge in [0, 0.05) is 19.3 Å². The van der Waals surface area contributed by atoms with Crippen molar-refractivity contribution in [1.29, 1.82) is 0 Å². The van der Waals surface area contributed by atoms with E-state index in [-0.39, 0.29) is 31.1 Å². The van der Waals surface area contributed by atoms with E-state index in [2.05, 4.69) is 81.5 Å². The molecule has 0 aromatic rings. The maximum absolute atomic E-state index is 12.8. The smallest absolute Gasteiger partial charge is 0.306 e. The van der Waals surface area contributed by atoms with Crippen LogP contribution in [0.3, 0.4) is 0 Å². The molecule has 6 nitrogen and oxygen atoms in total. The van der Waals surface area contributed by atoms with Gasteiger partial charge >= 0.3 is 17.9 Å². The third-order valence-electron chi connectivity index (χ3n) is 10.8. The molecule has 0 aliphatic heterocycles. The summed E-state index contributed by atoms with van der Waals surface area (Å²) < 4.78 is 16.8. The SMILES string of the molecule is CC\C=C/C=C\C=C/C=C\C=C/CCCCCC(=O)OCC(COC(=O)CCCCCCC\C=C/C=C\C=C/C=C\C=C/CCC)OC(=O)CCCCCCCCC/C=C\C/C=C\CCCCC. The van der Waals surface area contributed by atoms with E-state index in [1.54, 1.807) is 0 Å². The Morgan fingerprint density at radius 1 is 0.324 bits per heavy atom. The van der Waals surface area contributed by atoms with E-state index in [1.807, 2.05) is 85.1 Å². The van der Waals surface area contributed by atoms with Crippen LogP contribution in [0, 0.1) is 0 Å². The predicted octanol–water partition coefficient (Wildman–Crippen LogP) is 18.0. The van der Waals surface area contributed by atoms with Crippen LogP contribution < -0.4 is 0 Å². The third-order valence-corrected chi connectivity index (χ3v) is 10.8. The summed E-state index contributed by atoms with van der Waals surface area (Å²) in [4.78, 5) is 38.1. The molecule has 1 atom stereocenters. The molecule has 0 saturated carbocycles. The van der Waals surface area contributed by atoms with Crippen molar-refractivity contribution >= 4 is 17.9 Å². The molecular weight excluding hydrogens is 841 g/mol. The number of carbonyl (C=O) groups excluding carboxylic acids is 3. The van der Waals surface area contributed by atoms with E-state index in [9.17, 15) is 14.4 Å². The molecule has 0 N–H and O–H groups in total. The molecule has 0 heterocycles. The van der Waals surface area contributed by atoms with Crippen LogP contribution in [0.5, 0.6) is 0 Å². The molecule has 0 fully saturated rings. The second-order valence-corrected chi connectivity index (χ2v) is 17.3. The fourth-order valence-corrected chi connectivity index (χ4v) is 6.76. The summed E-state index contributed by atoms with van der Waals surface area (Å²) in [5.74, 6) is -0.997. The highest BCUT2D eigenvalue weighted by Crippen LogP contribution is 2.13. The van der Waals surface area contributed by atoms with Crippen LogP contribution in [0.1, 0.15) is 207 Å². The highest BCUT2D eigenvalue weighted by atomic mass is 16.6. The number of ether oxygens (including phenoxy) is 3. The minimum Gasteiger partial charge on any atom is -0.462 e. The summed E-state index contributed by atoms with van der Waals surface area (Å²) in [6.45, 7) is 6.30. The normalized spacial score (nSPS) is 13.3. The van der Waals surface area contributed by atoms with Crippen molar-refractivity contribution in [1.82, 2.24) is 0 Å². The maximum Gasteiger partial charge on any atom is 0.306 e. The summed E-state index contributed by atoms with van der Waals surface area (Å²) in [6.07, 6.45) is 78.2. The maximum atomic E-state index is 12.8. The van der Waals surface area contributed by atoms with Crippen LogP contribution in [0.2, 0.25) is 0 Å². The van der Waals surface area contributed by atoms with Crippen LogP contribution in [0.15, 0.2) is 146 Å². The highest BCUT2D eigenvalue weighted by Gasteiger charge is 2.19. The Morgan fingerprint density at radius 2 is 0.662 bits per heavy atom. The first-order valence-electron chi connectivity index (χ1n) is 27.0. The van der Waals surface area contributed by atoms with Gasteiger partial charge in [-0.1, -0.05) is 244 Å². The average Bonchev–Trinajstić information content (AvgIpc) is 3.34. The molecule has 0 aliphatic carbocycles. The molecule has 0 saturated heterocycles. The van der Waals surface area contributed by atoms with Gasteiger partial charge in [-0.2, -0.15) is 0 Å². The fourth-order valence-electron chi connectivity index (χ4n) is 6.76. The molecule has 0 amide bonds. The van der Waals surface area contributed by atoms with Gasteiger partial charge in [-0.25, -0.2) is 0 Å². The molecule has 0 spiro atoms. The van der Waals surface area contributed by atoms with Crippen molar-refractivity contribution in [3.63, 3.8) is 0 Å². The lowest BCUT2D eigenvalue weighted by Gasteiger charge is -2.18. The van der Waals surface area contributed by atoms with Crippen LogP contribution in [-0.4, -0.2) is 37.2 Å². The van der Waals surface area contributed by atoms with Crippen LogP contribution in [-0.2, 0) is 28.6 Å². The summed E-state index contributed by atoms with van der Waals surface area (Å²) in [5, 5.41) is 0. The Bertz CT molecular complexity index is 1540. The van der Waals surface area contributed by atoms with Crippen molar-refractivity contribution in [3.05, 3.63) is 146 Å². The van der Waals surface area contributed by atoms with E-state index < -0.39 is 6.10 Å². The summed E-state index contributed by atoms with van der Waals surface area (Å²) in [5.41, 5.74) is 0. The van der Waals surface area contributed by atoms with E-state index in [0.717, 1.165) is 109 Å². The Labute approximate surface area is 417 Å².